The predicted molar refractivity (Wildman–Crippen MR) is 92.3 cm³/mol. The lowest BCUT2D eigenvalue weighted by molar-refractivity contribution is 0.118. The molecule has 0 fully saturated rings. The number of halogens is 1. The number of aromatic nitrogens is 2. The summed E-state index contributed by atoms with van der Waals surface area (Å²) in [6.45, 7) is 2.98. The molecule has 3 aromatic rings. The molecule has 0 amide bonds. The molecule has 0 aliphatic heterocycles. The number of nitrogens with zero attached hydrogens (tertiary/aromatic N) is 1. The van der Waals surface area contributed by atoms with Gasteiger partial charge in [-0.25, -0.2) is 9.37 Å². The number of hydrogen-bond donors (Lipinski definition) is 1. The van der Waals surface area contributed by atoms with E-state index >= 15 is 0 Å². The molecule has 0 atom stereocenters. The molecule has 3 rings (SSSR count). The minimum Gasteiger partial charge on any atom is -0.377 e. The summed E-state index contributed by atoms with van der Waals surface area (Å²) in [6, 6.07) is 11.6. The number of ether oxygens (including phenoxy) is 1. The number of hydrogen-bond acceptors (Lipinski definition) is 3. The van der Waals surface area contributed by atoms with E-state index in [4.69, 9.17) is 4.74 Å². The highest BCUT2D eigenvalue weighted by Crippen LogP contribution is 2.23. The van der Waals surface area contributed by atoms with Gasteiger partial charge in [-0.2, -0.15) is 0 Å². The van der Waals surface area contributed by atoms with Crippen LogP contribution in [0.4, 0.5) is 4.39 Å². The largest absolute Gasteiger partial charge is 0.377 e. The smallest absolute Gasteiger partial charge is 0.259 e. The summed E-state index contributed by atoms with van der Waals surface area (Å²) in [4.78, 5) is 19.5. The van der Waals surface area contributed by atoms with Gasteiger partial charge < -0.3 is 9.72 Å². The SMILES string of the molecule is CCCCOCc1cc(F)ccc1-c1nc2ccccc2c(=O)[nH]1. The Hall–Kier alpha value is -2.53. The number of rotatable bonds is 6. The van der Waals surface area contributed by atoms with Crippen molar-refractivity contribution in [3.05, 3.63) is 64.2 Å². The first-order valence-corrected chi connectivity index (χ1v) is 8.04. The normalized spacial score (nSPS) is 11.1. The summed E-state index contributed by atoms with van der Waals surface area (Å²) in [7, 11) is 0. The highest BCUT2D eigenvalue weighted by atomic mass is 19.1. The van der Waals surface area contributed by atoms with Gasteiger partial charge in [-0.3, -0.25) is 4.79 Å². The maximum atomic E-state index is 13.6. The molecule has 1 aromatic heterocycles. The lowest BCUT2D eigenvalue weighted by Crippen LogP contribution is -2.10. The molecule has 0 saturated heterocycles. The van der Waals surface area contributed by atoms with Crippen molar-refractivity contribution in [2.24, 2.45) is 0 Å². The van der Waals surface area contributed by atoms with E-state index in [9.17, 15) is 9.18 Å². The van der Waals surface area contributed by atoms with Crippen LogP contribution in [0, 0.1) is 5.82 Å². The second-order valence-corrected chi connectivity index (χ2v) is 5.64. The Morgan fingerprint density at radius 1 is 1.21 bits per heavy atom. The van der Waals surface area contributed by atoms with E-state index in [1.807, 2.05) is 6.07 Å². The van der Waals surface area contributed by atoms with Crippen molar-refractivity contribution in [2.45, 2.75) is 26.4 Å². The van der Waals surface area contributed by atoms with Crippen molar-refractivity contribution in [3.63, 3.8) is 0 Å². The average molecular weight is 326 g/mol. The Morgan fingerprint density at radius 2 is 2.04 bits per heavy atom. The Morgan fingerprint density at radius 3 is 2.88 bits per heavy atom. The molecule has 1 N–H and O–H groups in total. The molecule has 0 aliphatic rings. The van der Waals surface area contributed by atoms with Crippen molar-refractivity contribution >= 4 is 10.9 Å². The van der Waals surface area contributed by atoms with Gasteiger partial charge in [-0.1, -0.05) is 25.5 Å². The van der Waals surface area contributed by atoms with Crippen LogP contribution in [0.3, 0.4) is 0 Å². The summed E-state index contributed by atoms with van der Waals surface area (Å²) in [5, 5.41) is 0.532. The third-order valence-electron chi connectivity index (χ3n) is 3.84. The van der Waals surface area contributed by atoms with Gasteiger partial charge in [0.25, 0.3) is 5.56 Å². The zero-order chi connectivity index (χ0) is 16.9. The van der Waals surface area contributed by atoms with Crippen LogP contribution in [-0.2, 0) is 11.3 Å². The van der Waals surface area contributed by atoms with Crippen LogP contribution in [0.15, 0.2) is 47.3 Å². The van der Waals surface area contributed by atoms with E-state index in [-0.39, 0.29) is 18.0 Å². The zero-order valence-corrected chi connectivity index (χ0v) is 13.5. The topological polar surface area (TPSA) is 55.0 Å². The van der Waals surface area contributed by atoms with Gasteiger partial charge in [-0.05, 0) is 42.3 Å². The number of fused-ring (bicyclic) bond motifs is 1. The molecule has 0 radical (unpaired) electrons. The Labute approximate surface area is 139 Å². The van der Waals surface area contributed by atoms with Crippen molar-refractivity contribution in [1.29, 1.82) is 0 Å². The fraction of sp³-hybridized carbons (Fsp3) is 0.263. The first-order valence-electron chi connectivity index (χ1n) is 8.04. The molecule has 5 heteroatoms. The van der Waals surface area contributed by atoms with Crippen LogP contribution >= 0.6 is 0 Å². The summed E-state index contributed by atoms with van der Waals surface area (Å²) in [5.74, 6) is 0.0868. The number of unbranched alkanes of at least 4 members (excludes halogenated alkanes) is 1. The third kappa shape index (κ3) is 3.51. The van der Waals surface area contributed by atoms with Gasteiger partial charge in [0.15, 0.2) is 0 Å². The number of H-pyrrole nitrogens is 1. The molecule has 0 unspecified atom stereocenters. The lowest BCUT2D eigenvalue weighted by atomic mass is 10.1. The molecular weight excluding hydrogens is 307 g/mol. The number of nitrogens with one attached hydrogen (secondary N) is 1. The first kappa shape index (κ1) is 16.3. The monoisotopic (exact) mass is 326 g/mol. The molecule has 24 heavy (non-hydrogen) atoms. The van der Waals surface area contributed by atoms with Gasteiger partial charge in [0, 0.05) is 12.2 Å². The van der Waals surface area contributed by atoms with Crippen LogP contribution in [0.5, 0.6) is 0 Å². The molecule has 1 heterocycles. The molecule has 4 nitrogen and oxygen atoms in total. The molecule has 0 aliphatic carbocycles. The van der Waals surface area contributed by atoms with Crippen LogP contribution in [0.25, 0.3) is 22.3 Å². The van der Waals surface area contributed by atoms with Gasteiger partial charge in [0.05, 0.1) is 17.5 Å². The standard InChI is InChI=1S/C19H19FN2O2/c1-2-3-10-24-12-13-11-14(20)8-9-15(13)18-21-17-7-5-4-6-16(17)19(23)22-18/h4-9,11H,2-3,10,12H2,1H3,(H,21,22,23). The number of para-hydroxylation sites is 1. The molecule has 0 bridgehead atoms. The van der Waals surface area contributed by atoms with E-state index in [0.29, 0.717) is 34.5 Å². The second-order valence-electron chi connectivity index (χ2n) is 5.64. The maximum Gasteiger partial charge on any atom is 0.259 e. The van der Waals surface area contributed by atoms with Crippen molar-refractivity contribution in [3.8, 4) is 11.4 Å². The predicted octanol–water partition coefficient (Wildman–Crippen LogP) is 4.05. The molecule has 124 valence electrons. The van der Waals surface area contributed by atoms with E-state index in [0.717, 1.165) is 12.8 Å². The Balaban J connectivity index is 2.01. The minimum atomic E-state index is -0.337. The van der Waals surface area contributed by atoms with E-state index in [1.54, 1.807) is 24.3 Å². The zero-order valence-electron chi connectivity index (χ0n) is 13.5. The molecular formula is C19H19FN2O2. The van der Waals surface area contributed by atoms with Gasteiger partial charge in [-0.15, -0.1) is 0 Å². The van der Waals surface area contributed by atoms with E-state index < -0.39 is 0 Å². The molecule has 0 spiro atoms. The van der Waals surface area contributed by atoms with Crippen LogP contribution < -0.4 is 5.56 Å². The van der Waals surface area contributed by atoms with Crippen LogP contribution in [0.2, 0.25) is 0 Å². The van der Waals surface area contributed by atoms with E-state index in [1.165, 1.54) is 12.1 Å². The summed E-state index contributed by atoms with van der Waals surface area (Å²) in [6.07, 6.45) is 1.99. The van der Waals surface area contributed by atoms with Gasteiger partial charge in [0.1, 0.15) is 11.6 Å². The molecule has 0 saturated carbocycles. The summed E-state index contributed by atoms with van der Waals surface area (Å²) >= 11 is 0. The third-order valence-corrected chi connectivity index (χ3v) is 3.84. The average Bonchev–Trinajstić information content (AvgIpc) is 2.59. The first-order chi connectivity index (χ1) is 11.7. The lowest BCUT2D eigenvalue weighted by Gasteiger charge is -2.10. The Kier molecular flexibility index (Phi) is 5.01. The van der Waals surface area contributed by atoms with Crippen molar-refractivity contribution < 1.29 is 9.13 Å². The molecule has 2 aromatic carbocycles. The van der Waals surface area contributed by atoms with Crippen LogP contribution in [0.1, 0.15) is 25.3 Å². The fourth-order valence-electron chi connectivity index (χ4n) is 2.56. The van der Waals surface area contributed by atoms with Crippen molar-refractivity contribution in [2.75, 3.05) is 6.61 Å². The second kappa shape index (κ2) is 7.36. The highest BCUT2D eigenvalue weighted by molar-refractivity contribution is 5.79. The minimum absolute atomic E-state index is 0.210. The number of benzene rings is 2. The van der Waals surface area contributed by atoms with Crippen molar-refractivity contribution in [1.82, 2.24) is 9.97 Å². The quantitative estimate of drug-likeness (QED) is 0.695. The van der Waals surface area contributed by atoms with Crippen LogP contribution in [-0.4, -0.2) is 16.6 Å². The fourth-order valence-corrected chi connectivity index (χ4v) is 2.56. The summed E-state index contributed by atoms with van der Waals surface area (Å²) < 4.78 is 19.2. The van der Waals surface area contributed by atoms with E-state index in [2.05, 4.69) is 16.9 Å². The Bertz CT molecular complexity index is 905. The maximum absolute atomic E-state index is 13.6. The summed E-state index contributed by atoms with van der Waals surface area (Å²) in [5.41, 5.74) is 1.75. The highest BCUT2D eigenvalue weighted by Gasteiger charge is 2.11. The number of aromatic amines is 1. The van der Waals surface area contributed by atoms with Gasteiger partial charge >= 0.3 is 0 Å². The van der Waals surface area contributed by atoms with Gasteiger partial charge in [0.2, 0.25) is 0 Å².